The lowest BCUT2D eigenvalue weighted by Gasteiger charge is -2.35. The molecule has 2 aromatic rings. The highest BCUT2D eigenvalue weighted by molar-refractivity contribution is 7.17. The van der Waals surface area contributed by atoms with E-state index in [0.717, 1.165) is 12.1 Å². The van der Waals surface area contributed by atoms with E-state index in [1.165, 1.54) is 11.3 Å². The van der Waals surface area contributed by atoms with E-state index in [2.05, 4.69) is 14.9 Å². The fourth-order valence-electron chi connectivity index (χ4n) is 2.58. The molecular formula is C13H17N3O3S. The van der Waals surface area contributed by atoms with Crippen molar-refractivity contribution in [2.75, 3.05) is 19.7 Å². The van der Waals surface area contributed by atoms with Crippen LogP contribution in [0.4, 0.5) is 0 Å². The molecule has 0 saturated carbocycles. The smallest absolute Gasteiger partial charge is 0.268 e. The highest BCUT2D eigenvalue weighted by Gasteiger charge is 2.25. The van der Waals surface area contributed by atoms with Crippen molar-refractivity contribution in [1.82, 2.24) is 14.9 Å². The van der Waals surface area contributed by atoms with Crippen molar-refractivity contribution in [3.05, 3.63) is 27.6 Å². The summed E-state index contributed by atoms with van der Waals surface area (Å²) in [6.07, 6.45) is -0.104. The molecular weight excluding hydrogens is 278 g/mol. The van der Waals surface area contributed by atoms with E-state index in [4.69, 9.17) is 4.74 Å². The molecule has 20 heavy (non-hydrogen) atoms. The van der Waals surface area contributed by atoms with Crippen LogP contribution in [0.15, 0.2) is 16.2 Å². The number of aliphatic hydroxyl groups is 1. The first-order chi connectivity index (χ1) is 9.65. The number of aromatic amines is 1. The zero-order valence-electron chi connectivity index (χ0n) is 11.2. The van der Waals surface area contributed by atoms with Gasteiger partial charge < -0.3 is 14.8 Å². The van der Waals surface area contributed by atoms with Crippen molar-refractivity contribution >= 4 is 21.6 Å². The molecule has 7 heteroatoms. The molecule has 0 radical (unpaired) electrons. The van der Waals surface area contributed by atoms with E-state index in [-0.39, 0.29) is 24.4 Å². The first-order valence-corrected chi connectivity index (χ1v) is 7.48. The number of hydrogen-bond donors (Lipinski definition) is 2. The van der Waals surface area contributed by atoms with Gasteiger partial charge in [-0.3, -0.25) is 9.69 Å². The molecule has 2 atom stereocenters. The molecule has 0 aromatic carbocycles. The summed E-state index contributed by atoms with van der Waals surface area (Å²) in [6, 6.07) is 1.86. The van der Waals surface area contributed by atoms with E-state index in [1.54, 1.807) is 0 Å². The van der Waals surface area contributed by atoms with Crippen LogP contribution in [0.25, 0.3) is 10.2 Å². The van der Waals surface area contributed by atoms with Gasteiger partial charge in [-0.2, -0.15) is 0 Å². The molecule has 0 spiro atoms. The number of nitrogens with one attached hydrogen (secondary N) is 1. The average Bonchev–Trinajstić information content (AvgIpc) is 2.86. The molecule has 1 fully saturated rings. The molecule has 3 heterocycles. The van der Waals surface area contributed by atoms with Gasteiger partial charge in [-0.1, -0.05) is 0 Å². The summed E-state index contributed by atoms with van der Waals surface area (Å²) in [5, 5.41) is 11.1. The Kier molecular flexibility index (Phi) is 3.84. The minimum absolute atomic E-state index is 0.00829. The van der Waals surface area contributed by atoms with Crippen LogP contribution in [0, 0.1) is 0 Å². The molecule has 6 nitrogen and oxygen atoms in total. The van der Waals surface area contributed by atoms with E-state index in [1.807, 2.05) is 18.4 Å². The monoisotopic (exact) mass is 295 g/mol. The van der Waals surface area contributed by atoms with Crippen molar-refractivity contribution in [2.24, 2.45) is 0 Å². The number of rotatable bonds is 3. The van der Waals surface area contributed by atoms with E-state index < -0.39 is 0 Å². The third kappa shape index (κ3) is 2.76. The Balaban J connectivity index is 1.80. The summed E-state index contributed by atoms with van der Waals surface area (Å²) < 4.78 is 6.27. The summed E-state index contributed by atoms with van der Waals surface area (Å²) >= 11 is 1.40. The second kappa shape index (κ2) is 5.61. The molecule has 0 bridgehead atoms. The average molecular weight is 295 g/mol. The minimum Gasteiger partial charge on any atom is -0.394 e. The van der Waals surface area contributed by atoms with Crippen molar-refractivity contribution in [3.63, 3.8) is 0 Å². The van der Waals surface area contributed by atoms with Gasteiger partial charge in [0.1, 0.15) is 10.5 Å². The topological polar surface area (TPSA) is 78.5 Å². The standard InChI is InChI=1S/C13H17N3O3S/c1-8-4-16(5-9(7-17)19-8)6-11-14-10-2-3-20-12(10)13(18)15-11/h2-3,8-9,17H,4-7H2,1H3,(H,14,15,18). The summed E-state index contributed by atoms with van der Waals surface area (Å²) in [5.41, 5.74) is 0.661. The highest BCUT2D eigenvalue weighted by Crippen LogP contribution is 2.16. The molecule has 3 rings (SSSR count). The molecule has 2 unspecified atom stereocenters. The molecule has 1 saturated heterocycles. The Hall–Kier alpha value is -1.28. The normalized spacial score (nSPS) is 24.3. The van der Waals surface area contributed by atoms with Crippen LogP contribution in [-0.2, 0) is 11.3 Å². The van der Waals surface area contributed by atoms with Crippen LogP contribution in [0.1, 0.15) is 12.7 Å². The van der Waals surface area contributed by atoms with E-state index in [0.29, 0.717) is 23.6 Å². The van der Waals surface area contributed by atoms with E-state index >= 15 is 0 Å². The maximum absolute atomic E-state index is 11.9. The molecule has 0 amide bonds. The van der Waals surface area contributed by atoms with Crippen molar-refractivity contribution < 1.29 is 9.84 Å². The molecule has 1 aliphatic heterocycles. The first-order valence-electron chi connectivity index (χ1n) is 6.61. The molecule has 1 aliphatic rings. The Morgan fingerprint density at radius 3 is 3.25 bits per heavy atom. The minimum atomic E-state index is -0.171. The van der Waals surface area contributed by atoms with Gasteiger partial charge in [0.15, 0.2) is 0 Å². The van der Waals surface area contributed by atoms with Crippen LogP contribution in [-0.4, -0.2) is 51.9 Å². The van der Waals surface area contributed by atoms with Crippen LogP contribution in [0.2, 0.25) is 0 Å². The van der Waals surface area contributed by atoms with Crippen LogP contribution in [0.3, 0.4) is 0 Å². The van der Waals surface area contributed by atoms with Gasteiger partial charge in [-0.25, -0.2) is 4.98 Å². The van der Waals surface area contributed by atoms with Gasteiger partial charge in [-0.05, 0) is 18.4 Å². The van der Waals surface area contributed by atoms with Gasteiger partial charge >= 0.3 is 0 Å². The van der Waals surface area contributed by atoms with Crippen LogP contribution >= 0.6 is 11.3 Å². The van der Waals surface area contributed by atoms with Crippen LogP contribution < -0.4 is 5.56 Å². The predicted molar refractivity (Wildman–Crippen MR) is 76.9 cm³/mol. The molecule has 108 valence electrons. The lowest BCUT2D eigenvalue weighted by molar-refractivity contribution is -0.0977. The van der Waals surface area contributed by atoms with Gasteiger partial charge in [0.05, 0.1) is 30.9 Å². The Morgan fingerprint density at radius 1 is 1.60 bits per heavy atom. The fraction of sp³-hybridized carbons (Fsp3) is 0.538. The largest absolute Gasteiger partial charge is 0.394 e. The number of thiophene rings is 1. The number of H-pyrrole nitrogens is 1. The quantitative estimate of drug-likeness (QED) is 0.865. The van der Waals surface area contributed by atoms with Crippen LogP contribution in [0.5, 0.6) is 0 Å². The maximum Gasteiger partial charge on any atom is 0.268 e. The third-order valence-corrected chi connectivity index (χ3v) is 4.25. The number of aromatic nitrogens is 2. The number of fused-ring (bicyclic) bond motifs is 1. The van der Waals surface area contributed by atoms with Gasteiger partial charge in [-0.15, -0.1) is 11.3 Å². The fourth-order valence-corrected chi connectivity index (χ4v) is 3.30. The lowest BCUT2D eigenvalue weighted by Crippen LogP contribution is -2.47. The SMILES string of the molecule is CC1CN(Cc2nc3ccsc3c(=O)[nH]2)CC(CO)O1. The number of hydrogen-bond acceptors (Lipinski definition) is 6. The van der Waals surface area contributed by atoms with Gasteiger partial charge in [0.25, 0.3) is 5.56 Å². The van der Waals surface area contributed by atoms with E-state index in [9.17, 15) is 9.90 Å². The van der Waals surface area contributed by atoms with Gasteiger partial charge in [0.2, 0.25) is 0 Å². The second-order valence-electron chi connectivity index (χ2n) is 5.09. The Labute approximate surface area is 120 Å². The Bertz CT molecular complexity index is 654. The number of ether oxygens (including phenoxy) is 1. The van der Waals surface area contributed by atoms with Crippen molar-refractivity contribution in [3.8, 4) is 0 Å². The summed E-state index contributed by atoms with van der Waals surface area (Å²) in [4.78, 5) is 21.4. The number of morpholine rings is 1. The summed E-state index contributed by atoms with van der Waals surface area (Å²) in [7, 11) is 0. The summed E-state index contributed by atoms with van der Waals surface area (Å²) in [6.45, 7) is 3.96. The molecule has 0 aliphatic carbocycles. The maximum atomic E-state index is 11.9. The highest BCUT2D eigenvalue weighted by atomic mass is 32.1. The molecule has 2 N–H and O–H groups in total. The zero-order chi connectivity index (χ0) is 14.1. The number of aliphatic hydroxyl groups excluding tert-OH is 1. The van der Waals surface area contributed by atoms with Gasteiger partial charge in [0, 0.05) is 13.1 Å². The predicted octanol–water partition coefficient (Wildman–Crippen LogP) is 0.566. The Morgan fingerprint density at radius 2 is 2.45 bits per heavy atom. The molecule has 2 aromatic heterocycles. The number of nitrogens with zero attached hydrogens (tertiary/aromatic N) is 2. The lowest BCUT2D eigenvalue weighted by atomic mass is 10.2. The second-order valence-corrected chi connectivity index (χ2v) is 6.01. The summed E-state index contributed by atoms with van der Waals surface area (Å²) in [5.74, 6) is 0.659. The zero-order valence-corrected chi connectivity index (χ0v) is 12.0. The third-order valence-electron chi connectivity index (χ3n) is 3.34. The van der Waals surface area contributed by atoms with Crippen molar-refractivity contribution in [1.29, 1.82) is 0 Å². The first kappa shape index (κ1) is 13.7. The van der Waals surface area contributed by atoms with Crippen molar-refractivity contribution in [2.45, 2.75) is 25.7 Å².